The van der Waals surface area contributed by atoms with Crippen LogP contribution in [0.4, 0.5) is 0 Å². The van der Waals surface area contributed by atoms with Gasteiger partial charge in [-0.15, -0.1) is 0 Å². The van der Waals surface area contributed by atoms with E-state index < -0.39 is 5.41 Å². The normalized spacial score (nSPS) is 31.6. The van der Waals surface area contributed by atoms with Gasteiger partial charge >= 0.3 is 5.97 Å². The van der Waals surface area contributed by atoms with E-state index in [2.05, 4.69) is 37.8 Å². The molecule has 3 atom stereocenters. The first kappa shape index (κ1) is 20.2. The summed E-state index contributed by atoms with van der Waals surface area (Å²) < 4.78 is 6.36. The lowest BCUT2D eigenvalue weighted by Crippen LogP contribution is -2.47. The molecule has 3 saturated carbocycles. The smallest absolute Gasteiger partial charge is 0.320 e. The van der Waals surface area contributed by atoms with Gasteiger partial charge in [0.05, 0.1) is 5.41 Å². The van der Waals surface area contributed by atoms with Crippen LogP contribution in [0.15, 0.2) is 72.8 Å². The number of Topliss-reactive ketones (excluding diaryl/α,β-unsaturated/α-hetero) is 1. The summed E-state index contributed by atoms with van der Waals surface area (Å²) in [5.41, 5.74) is 1.82. The van der Waals surface area contributed by atoms with Gasteiger partial charge in [0.25, 0.3) is 0 Å². The van der Waals surface area contributed by atoms with E-state index >= 15 is 0 Å². The number of rotatable bonds is 4. The second kappa shape index (κ2) is 7.19. The monoisotopic (exact) mass is 414 g/mol. The van der Waals surface area contributed by atoms with Crippen LogP contribution in [0.25, 0.3) is 0 Å². The Morgan fingerprint density at radius 3 is 2.23 bits per heavy atom. The van der Waals surface area contributed by atoms with Crippen molar-refractivity contribution < 1.29 is 14.3 Å². The van der Waals surface area contributed by atoms with Crippen LogP contribution < -0.4 is 0 Å². The molecule has 160 valence electrons. The van der Waals surface area contributed by atoms with Crippen molar-refractivity contribution in [1.29, 1.82) is 0 Å². The molecule has 2 bridgehead atoms. The summed E-state index contributed by atoms with van der Waals surface area (Å²) in [6, 6.07) is 20.8. The van der Waals surface area contributed by atoms with Gasteiger partial charge in [-0.05, 0) is 55.1 Å². The molecular formula is C28H30O3. The fourth-order valence-electron chi connectivity index (χ4n) is 6.45. The number of fused-ring (bicyclic) bond motifs is 2. The second-order valence-corrected chi connectivity index (χ2v) is 10.0. The number of hydrogen-bond acceptors (Lipinski definition) is 3. The maximum atomic E-state index is 13.7. The van der Waals surface area contributed by atoms with Crippen LogP contribution in [0, 0.1) is 10.8 Å². The molecule has 3 heteroatoms. The van der Waals surface area contributed by atoms with Crippen molar-refractivity contribution in [3.05, 3.63) is 83.9 Å². The van der Waals surface area contributed by atoms with Crippen LogP contribution in [0.3, 0.4) is 0 Å². The third-order valence-corrected chi connectivity index (χ3v) is 8.30. The molecule has 3 aliphatic carbocycles. The summed E-state index contributed by atoms with van der Waals surface area (Å²) in [5.74, 6) is -0.290. The number of ketones is 1. The molecule has 3 fully saturated rings. The molecule has 2 aromatic rings. The van der Waals surface area contributed by atoms with Crippen molar-refractivity contribution in [3.8, 4) is 0 Å². The highest BCUT2D eigenvalue weighted by molar-refractivity contribution is 6.05. The molecule has 3 nitrogen and oxygen atoms in total. The Balaban J connectivity index is 1.53. The molecule has 0 spiro atoms. The van der Waals surface area contributed by atoms with Crippen molar-refractivity contribution in [2.24, 2.45) is 10.8 Å². The summed E-state index contributed by atoms with van der Waals surface area (Å²) in [4.78, 5) is 26.7. The first-order valence-electron chi connectivity index (χ1n) is 11.4. The van der Waals surface area contributed by atoms with Crippen LogP contribution in [0.2, 0.25) is 0 Å². The van der Waals surface area contributed by atoms with Gasteiger partial charge in [-0.3, -0.25) is 9.59 Å². The van der Waals surface area contributed by atoms with Crippen molar-refractivity contribution in [2.45, 2.75) is 63.4 Å². The zero-order valence-corrected chi connectivity index (χ0v) is 18.2. The Bertz CT molecular complexity index is 985. The van der Waals surface area contributed by atoms with Crippen molar-refractivity contribution in [1.82, 2.24) is 0 Å². The first-order valence-corrected chi connectivity index (χ1v) is 11.4. The highest BCUT2D eigenvalue weighted by Crippen LogP contribution is 2.60. The van der Waals surface area contributed by atoms with Gasteiger partial charge in [-0.2, -0.15) is 0 Å². The molecule has 0 unspecified atom stereocenters. The second-order valence-electron chi connectivity index (χ2n) is 10.0. The maximum absolute atomic E-state index is 13.7. The minimum Gasteiger partial charge on any atom is -0.460 e. The summed E-state index contributed by atoms with van der Waals surface area (Å²) in [5, 5.41) is 0. The minimum absolute atomic E-state index is 0.0386. The number of hydrogen-bond donors (Lipinski definition) is 0. The Morgan fingerprint density at radius 1 is 1.00 bits per heavy atom. The van der Waals surface area contributed by atoms with Gasteiger partial charge in [-0.25, -0.2) is 0 Å². The van der Waals surface area contributed by atoms with Crippen LogP contribution in [-0.2, 0) is 19.7 Å². The zero-order chi connectivity index (χ0) is 21.7. The van der Waals surface area contributed by atoms with E-state index in [0.717, 1.165) is 31.3 Å². The van der Waals surface area contributed by atoms with Crippen LogP contribution in [0.1, 0.15) is 63.0 Å². The fourth-order valence-corrected chi connectivity index (χ4v) is 6.45. The van der Waals surface area contributed by atoms with E-state index in [4.69, 9.17) is 4.74 Å². The van der Waals surface area contributed by atoms with Crippen molar-refractivity contribution in [3.63, 3.8) is 0 Å². The highest BCUT2D eigenvalue weighted by Gasteiger charge is 2.61. The van der Waals surface area contributed by atoms with Gasteiger partial charge in [0, 0.05) is 6.42 Å². The molecule has 0 saturated heterocycles. The van der Waals surface area contributed by atoms with Gasteiger partial charge in [-0.1, -0.05) is 79.7 Å². The molecule has 3 aliphatic rings. The fraction of sp³-hybridized carbons (Fsp3) is 0.429. The third-order valence-electron chi connectivity index (χ3n) is 8.30. The van der Waals surface area contributed by atoms with Crippen molar-refractivity contribution >= 4 is 11.8 Å². The lowest BCUT2D eigenvalue weighted by molar-refractivity contribution is -0.168. The van der Waals surface area contributed by atoms with Gasteiger partial charge in [0.15, 0.2) is 5.78 Å². The largest absolute Gasteiger partial charge is 0.460 e. The molecular weight excluding hydrogens is 384 g/mol. The number of benzene rings is 2. The zero-order valence-electron chi connectivity index (χ0n) is 18.2. The van der Waals surface area contributed by atoms with Gasteiger partial charge in [0.2, 0.25) is 0 Å². The Labute approximate surface area is 184 Å². The molecule has 31 heavy (non-hydrogen) atoms. The first-order chi connectivity index (χ1) is 14.9. The SMILES string of the molecule is C=C1C[C@]2(C(=O)O[C@@H]3CCCC3(c3ccccc3)c3ccccc3)C[C@@]1(C)CCC2=O. The number of carbonyl (C=O) groups excluding carboxylic acids is 2. The van der Waals surface area contributed by atoms with E-state index in [1.165, 1.54) is 11.1 Å². The Morgan fingerprint density at radius 2 is 1.61 bits per heavy atom. The summed E-state index contributed by atoms with van der Waals surface area (Å²) in [7, 11) is 0. The van der Waals surface area contributed by atoms with Crippen LogP contribution in [0.5, 0.6) is 0 Å². The van der Waals surface area contributed by atoms with E-state index in [-0.39, 0.29) is 28.7 Å². The molecule has 0 aliphatic heterocycles. The standard InChI is InChI=1S/C28H30O3/c1-20-18-27(19-26(20,2)17-15-23(27)29)25(30)31-24-14-9-16-28(24,21-10-5-3-6-11-21)22-12-7-4-8-13-22/h3-8,10-13,24H,1,9,14-19H2,2H3/t24-,26-,27+/m1/s1. The lowest BCUT2D eigenvalue weighted by Gasteiger charge is -2.39. The van der Waals surface area contributed by atoms with Gasteiger partial charge < -0.3 is 4.74 Å². The Hall–Kier alpha value is -2.68. The number of carbonyl (C=O) groups is 2. The van der Waals surface area contributed by atoms with E-state index in [0.29, 0.717) is 19.3 Å². The van der Waals surface area contributed by atoms with E-state index in [1.807, 2.05) is 36.4 Å². The molecule has 0 N–H and O–H groups in total. The topological polar surface area (TPSA) is 43.4 Å². The van der Waals surface area contributed by atoms with E-state index in [1.54, 1.807) is 0 Å². The predicted molar refractivity (Wildman–Crippen MR) is 121 cm³/mol. The number of allylic oxidation sites excluding steroid dienone is 1. The molecule has 0 amide bonds. The van der Waals surface area contributed by atoms with Gasteiger partial charge in [0.1, 0.15) is 11.5 Å². The van der Waals surface area contributed by atoms with E-state index in [9.17, 15) is 9.59 Å². The molecule has 0 aromatic heterocycles. The van der Waals surface area contributed by atoms with Crippen LogP contribution in [-0.4, -0.2) is 17.9 Å². The molecule has 2 aromatic carbocycles. The Kier molecular flexibility index (Phi) is 4.69. The number of esters is 1. The summed E-state index contributed by atoms with van der Waals surface area (Å²) >= 11 is 0. The van der Waals surface area contributed by atoms with Crippen LogP contribution >= 0.6 is 0 Å². The summed E-state index contributed by atoms with van der Waals surface area (Å²) in [6.07, 6.45) is 4.65. The third kappa shape index (κ3) is 2.93. The summed E-state index contributed by atoms with van der Waals surface area (Å²) in [6.45, 7) is 6.37. The number of ether oxygens (including phenoxy) is 1. The van der Waals surface area contributed by atoms with Crippen molar-refractivity contribution in [2.75, 3.05) is 0 Å². The predicted octanol–water partition coefficient (Wildman–Crippen LogP) is 5.77. The molecule has 0 radical (unpaired) electrons. The lowest BCUT2D eigenvalue weighted by atomic mass is 9.68. The maximum Gasteiger partial charge on any atom is 0.320 e. The minimum atomic E-state index is -1.04. The highest BCUT2D eigenvalue weighted by atomic mass is 16.5. The average molecular weight is 415 g/mol. The quantitative estimate of drug-likeness (QED) is 0.362. The molecule has 0 heterocycles. The molecule has 5 rings (SSSR count). The average Bonchev–Trinajstić information content (AvgIpc) is 3.31.